The van der Waals surface area contributed by atoms with Crippen LogP contribution in [0.3, 0.4) is 0 Å². The number of aromatic hydroxyl groups is 1. The number of furan rings is 1. The molecule has 1 atom stereocenters. The molecule has 4 aromatic rings. The van der Waals surface area contributed by atoms with Crippen molar-refractivity contribution in [2.45, 2.75) is 26.8 Å². The van der Waals surface area contributed by atoms with E-state index >= 15 is 0 Å². The number of rotatable bonds is 4. The number of nitriles is 1. The fourth-order valence-electron chi connectivity index (χ4n) is 3.94. The standard InChI is InChI=1S/C25H20N2O4/c1-14-19(13-26)24(29)27(16(3)17-9-5-4-6-10-17)25(30)21(14)22(28)23-15(2)18-11-7-8-12-20(18)31-23/h4-12,16,30H,1-3H3. The maximum atomic E-state index is 13.5. The number of carbonyl (C=O) groups is 1. The summed E-state index contributed by atoms with van der Waals surface area (Å²) in [5.41, 5.74) is 1.13. The Morgan fingerprint density at radius 3 is 2.35 bits per heavy atom. The van der Waals surface area contributed by atoms with Gasteiger partial charge in [-0.1, -0.05) is 48.5 Å². The van der Waals surface area contributed by atoms with E-state index in [0.29, 0.717) is 11.1 Å². The lowest BCUT2D eigenvalue weighted by Gasteiger charge is -2.20. The van der Waals surface area contributed by atoms with Crippen molar-refractivity contribution in [1.29, 1.82) is 5.26 Å². The highest BCUT2D eigenvalue weighted by molar-refractivity contribution is 6.12. The Balaban J connectivity index is 1.98. The number of carbonyl (C=O) groups excluding carboxylic acids is 1. The molecule has 0 fully saturated rings. The number of fused-ring (bicyclic) bond motifs is 1. The number of nitrogens with zero attached hydrogens (tertiary/aromatic N) is 2. The summed E-state index contributed by atoms with van der Waals surface area (Å²) in [4.78, 5) is 26.5. The van der Waals surface area contributed by atoms with Gasteiger partial charge in [-0.2, -0.15) is 5.26 Å². The third kappa shape index (κ3) is 3.11. The van der Waals surface area contributed by atoms with Crippen LogP contribution in [-0.4, -0.2) is 15.5 Å². The monoisotopic (exact) mass is 412 g/mol. The van der Waals surface area contributed by atoms with Gasteiger partial charge in [0, 0.05) is 10.9 Å². The van der Waals surface area contributed by atoms with Gasteiger partial charge in [-0.3, -0.25) is 14.2 Å². The Hall–Kier alpha value is -4.11. The molecule has 0 spiro atoms. The molecule has 0 aliphatic heterocycles. The van der Waals surface area contributed by atoms with E-state index in [9.17, 15) is 20.0 Å². The molecule has 1 unspecified atom stereocenters. The van der Waals surface area contributed by atoms with Crippen molar-refractivity contribution < 1.29 is 14.3 Å². The first-order chi connectivity index (χ1) is 14.9. The van der Waals surface area contributed by atoms with E-state index in [2.05, 4.69) is 0 Å². The van der Waals surface area contributed by atoms with Crippen molar-refractivity contribution >= 4 is 16.8 Å². The molecule has 0 saturated carbocycles. The summed E-state index contributed by atoms with van der Waals surface area (Å²) < 4.78 is 6.87. The number of hydrogen-bond acceptors (Lipinski definition) is 5. The molecule has 2 aromatic heterocycles. The Labute approximate surface area is 178 Å². The second-order valence-corrected chi connectivity index (χ2v) is 7.45. The van der Waals surface area contributed by atoms with Gasteiger partial charge in [0.1, 0.15) is 17.2 Å². The number of pyridine rings is 1. The molecule has 2 aromatic carbocycles. The first-order valence-corrected chi connectivity index (χ1v) is 9.82. The van der Waals surface area contributed by atoms with Crippen LogP contribution in [0.1, 0.15) is 51.3 Å². The van der Waals surface area contributed by atoms with Crippen LogP contribution in [-0.2, 0) is 0 Å². The van der Waals surface area contributed by atoms with Gasteiger partial charge in [0.15, 0.2) is 5.76 Å². The number of benzene rings is 2. The van der Waals surface area contributed by atoms with Crippen LogP contribution in [0, 0.1) is 25.2 Å². The highest BCUT2D eigenvalue weighted by Gasteiger charge is 2.30. The predicted molar refractivity (Wildman–Crippen MR) is 116 cm³/mol. The smallest absolute Gasteiger partial charge is 0.272 e. The fraction of sp³-hybridized carbons (Fsp3) is 0.160. The molecular formula is C25H20N2O4. The summed E-state index contributed by atoms with van der Waals surface area (Å²) in [6, 6.07) is 17.7. The summed E-state index contributed by atoms with van der Waals surface area (Å²) >= 11 is 0. The molecule has 1 N–H and O–H groups in total. The van der Waals surface area contributed by atoms with E-state index in [-0.39, 0.29) is 22.5 Å². The van der Waals surface area contributed by atoms with E-state index in [1.54, 1.807) is 26.0 Å². The van der Waals surface area contributed by atoms with Crippen molar-refractivity contribution in [2.75, 3.05) is 0 Å². The average Bonchev–Trinajstić information content (AvgIpc) is 3.11. The van der Waals surface area contributed by atoms with E-state index in [1.807, 2.05) is 48.5 Å². The van der Waals surface area contributed by atoms with Gasteiger partial charge < -0.3 is 9.52 Å². The van der Waals surface area contributed by atoms with E-state index in [1.165, 1.54) is 6.92 Å². The summed E-state index contributed by atoms with van der Waals surface area (Å²) in [7, 11) is 0. The SMILES string of the molecule is Cc1c(C(=O)c2oc3ccccc3c2C)c(O)n(C(C)c2ccccc2)c(=O)c1C#N. The Morgan fingerprint density at radius 1 is 1.06 bits per heavy atom. The molecule has 0 aliphatic rings. The normalized spacial score (nSPS) is 11.9. The quantitative estimate of drug-likeness (QED) is 0.493. The van der Waals surface area contributed by atoms with E-state index in [4.69, 9.17) is 4.42 Å². The van der Waals surface area contributed by atoms with Gasteiger partial charge in [-0.05, 0) is 38.0 Å². The summed E-state index contributed by atoms with van der Waals surface area (Å²) in [5, 5.41) is 21.5. The summed E-state index contributed by atoms with van der Waals surface area (Å²) in [6.45, 7) is 4.98. The number of para-hydroxylation sites is 1. The molecule has 0 aliphatic carbocycles. The van der Waals surface area contributed by atoms with Crippen molar-refractivity contribution in [1.82, 2.24) is 4.57 Å². The van der Waals surface area contributed by atoms with Crippen LogP contribution in [0.5, 0.6) is 5.88 Å². The second-order valence-electron chi connectivity index (χ2n) is 7.45. The highest BCUT2D eigenvalue weighted by Crippen LogP contribution is 2.33. The van der Waals surface area contributed by atoms with Crippen molar-refractivity contribution in [3.05, 3.63) is 98.5 Å². The van der Waals surface area contributed by atoms with Gasteiger partial charge in [-0.25, -0.2) is 0 Å². The van der Waals surface area contributed by atoms with Crippen LogP contribution in [0.25, 0.3) is 11.0 Å². The van der Waals surface area contributed by atoms with E-state index in [0.717, 1.165) is 15.5 Å². The highest BCUT2D eigenvalue weighted by atomic mass is 16.3. The maximum absolute atomic E-state index is 13.5. The minimum Gasteiger partial charge on any atom is -0.494 e. The van der Waals surface area contributed by atoms with Gasteiger partial charge in [0.2, 0.25) is 11.7 Å². The molecule has 6 heteroatoms. The molecule has 154 valence electrons. The first-order valence-electron chi connectivity index (χ1n) is 9.82. The maximum Gasteiger partial charge on any atom is 0.272 e. The topological polar surface area (TPSA) is 96.2 Å². The van der Waals surface area contributed by atoms with Gasteiger partial charge >= 0.3 is 0 Å². The molecule has 0 saturated heterocycles. The van der Waals surface area contributed by atoms with Crippen molar-refractivity contribution in [2.24, 2.45) is 0 Å². The lowest BCUT2D eigenvalue weighted by molar-refractivity contribution is 0.100. The minimum absolute atomic E-state index is 0.0704. The number of aryl methyl sites for hydroxylation is 1. The van der Waals surface area contributed by atoms with Crippen LogP contribution in [0.4, 0.5) is 0 Å². The Kier molecular flexibility index (Phi) is 4.96. The molecule has 4 rings (SSSR count). The molecule has 0 amide bonds. The molecule has 6 nitrogen and oxygen atoms in total. The van der Waals surface area contributed by atoms with Gasteiger partial charge in [-0.15, -0.1) is 0 Å². The zero-order valence-electron chi connectivity index (χ0n) is 17.3. The van der Waals surface area contributed by atoms with Crippen LogP contribution in [0.2, 0.25) is 0 Å². The number of hydrogen-bond donors (Lipinski definition) is 1. The van der Waals surface area contributed by atoms with Gasteiger partial charge in [0.05, 0.1) is 11.6 Å². The van der Waals surface area contributed by atoms with Crippen molar-refractivity contribution in [3.8, 4) is 11.9 Å². The third-order valence-electron chi connectivity index (χ3n) is 5.69. The van der Waals surface area contributed by atoms with Crippen molar-refractivity contribution in [3.63, 3.8) is 0 Å². The Bertz CT molecular complexity index is 1420. The fourth-order valence-corrected chi connectivity index (χ4v) is 3.94. The third-order valence-corrected chi connectivity index (χ3v) is 5.69. The second kappa shape index (κ2) is 7.62. The first kappa shape index (κ1) is 20.2. The summed E-state index contributed by atoms with van der Waals surface area (Å²) in [5.74, 6) is -0.988. The predicted octanol–water partition coefficient (Wildman–Crippen LogP) is 4.63. The largest absolute Gasteiger partial charge is 0.494 e. The lowest BCUT2D eigenvalue weighted by atomic mass is 9.97. The summed E-state index contributed by atoms with van der Waals surface area (Å²) in [6.07, 6.45) is 0. The molecular weight excluding hydrogens is 392 g/mol. The molecule has 0 radical (unpaired) electrons. The zero-order valence-corrected chi connectivity index (χ0v) is 17.3. The molecule has 2 heterocycles. The van der Waals surface area contributed by atoms with Crippen LogP contribution >= 0.6 is 0 Å². The van der Waals surface area contributed by atoms with E-state index < -0.39 is 23.3 Å². The average molecular weight is 412 g/mol. The number of ketones is 1. The lowest BCUT2D eigenvalue weighted by Crippen LogP contribution is -2.29. The van der Waals surface area contributed by atoms with Gasteiger partial charge in [0.25, 0.3) is 5.56 Å². The van der Waals surface area contributed by atoms with Crippen LogP contribution < -0.4 is 5.56 Å². The number of aromatic nitrogens is 1. The van der Waals surface area contributed by atoms with Crippen LogP contribution in [0.15, 0.2) is 63.8 Å². The zero-order chi connectivity index (χ0) is 22.3. The minimum atomic E-state index is -0.647. The Morgan fingerprint density at radius 2 is 1.71 bits per heavy atom. The molecule has 0 bridgehead atoms. The molecule has 31 heavy (non-hydrogen) atoms.